The highest BCUT2D eigenvalue weighted by molar-refractivity contribution is 6.38. The van der Waals surface area contributed by atoms with E-state index in [1.807, 2.05) is 27.0 Å². The Morgan fingerprint density at radius 3 is 2.74 bits per heavy atom. The van der Waals surface area contributed by atoms with Crippen molar-refractivity contribution >= 4 is 17.8 Å². The topological polar surface area (TPSA) is 70.0 Å². The van der Waals surface area contributed by atoms with Crippen LogP contribution < -0.4 is 0 Å². The van der Waals surface area contributed by atoms with Crippen LogP contribution in [0.25, 0.3) is 0 Å². The first-order valence-corrected chi connectivity index (χ1v) is 8.47. The van der Waals surface area contributed by atoms with E-state index in [0.29, 0.717) is 19.3 Å². The predicted molar refractivity (Wildman–Crippen MR) is 92.6 cm³/mol. The van der Waals surface area contributed by atoms with Gasteiger partial charge in [-0.15, -0.1) is 0 Å². The number of carbonyl (C=O) groups excluding carboxylic acids is 2. The molecule has 23 heavy (non-hydrogen) atoms. The van der Waals surface area contributed by atoms with Gasteiger partial charge in [0.15, 0.2) is 5.78 Å². The van der Waals surface area contributed by atoms with E-state index in [0.717, 1.165) is 25.2 Å². The summed E-state index contributed by atoms with van der Waals surface area (Å²) in [4.78, 5) is 30.7. The van der Waals surface area contributed by atoms with Crippen LogP contribution in [-0.2, 0) is 9.59 Å². The summed E-state index contributed by atoms with van der Waals surface area (Å²) in [6.07, 6.45) is 4.87. The van der Waals surface area contributed by atoms with Crippen molar-refractivity contribution in [3.05, 3.63) is 12.3 Å². The standard InChI is InChI=1S/C18H30N2O3/c1-5-18(3,4)17(23)16(22)9-6-8-15-14(2)20(11-7-13-21)12-10-19-15/h10,15,21H,2,5-9,11-13H2,1,3-4H3. The summed E-state index contributed by atoms with van der Waals surface area (Å²) in [7, 11) is 0. The first kappa shape index (κ1) is 19.6. The predicted octanol–water partition coefficient (Wildman–Crippen LogP) is 2.38. The Morgan fingerprint density at radius 2 is 2.13 bits per heavy atom. The van der Waals surface area contributed by atoms with Crippen LogP contribution in [0.4, 0.5) is 0 Å². The zero-order valence-electron chi connectivity index (χ0n) is 14.7. The highest BCUT2D eigenvalue weighted by Crippen LogP contribution is 2.24. The van der Waals surface area contributed by atoms with Crippen molar-refractivity contribution in [2.24, 2.45) is 10.4 Å². The number of carbonyl (C=O) groups is 2. The van der Waals surface area contributed by atoms with Crippen LogP contribution in [0.1, 0.15) is 52.9 Å². The lowest BCUT2D eigenvalue weighted by molar-refractivity contribution is -0.141. The van der Waals surface area contributed by atoms with Crippen molar-refractivity contribution < 1.29 is 14.7 Å². The van der Waals surface area contributed by atoms with Crippen LogP contribution in [0, 0.1) is 5.41 Å². The van der Waals surface area contributed by atoms with Crippen molar-refractivity contribution in [1.82, 2.24) is 4.90 Å². The lowest BCUT2D eigenvalue weighted by Gasteiger charge is -2.32. The van der Waals surface area contributed by atoms with Crippen molar-refractivity contribution in [3.8, 4) is 0 Å². The number of aliphatic hydroxyl groups excluding tert-OH is 1. The van der Waals surface area contributed by atoms with E-state index in [1.165, 1.54) is 0 Å². The third-order valence-electron chi connectivity index (χ3n) is 4.60. The fourth-order valence-corrected chi connectivity index (χ4v) is 2.53. The average molecular weight is 322 g/mol. The molecule has 0 saturated carbocycles. The van der Waals surface area contributed by atoms with Gasteiger partial charge in [-0.05, 0) is 25.7 Å². The van der Waals surface area contributed by atoms with Crippen LogP contribution in [0.2, 0.25) is 0 Å². The molecule has 130 valence electrons. The molecule has 1 aliphatic heterocycles. The molecule has 5 nitrogen and oxygen atoms in total. The molecular formula is C18H30N2O3. The van der Waals surface area contributed by atoms with E-state index in [9.17, 15) is 9.59 Å². The minimum Gasteiger partial charge on any atom is -0.396 e. The maximum absolute atomic E-state index is 12.1. The van der Waals surface area contributed by atoms with Crippen molar-refractivity contribution in [2.45, 2.75) is 58.9 Å². The molecule has 1 aliphatic rings. The molecule has 1 atom stereocenters. The second kappa shape index (κ2) is 8.96. The normalized spacial score (nSPS) is 18.3. The minimum absolute atomic E-state index is 0.0236. The Balaban J connectivity index is 2.45. The maximum Gasteiger partial charge on any atom is 0.203 e. The van der Waals surface area contributed by atoms with E-state index in [2.05, 4.69) is 16.5 Å². The smallest absolute Gasteiger partial charge is 0.203 e. The van der Waals surface area contributed by atoms with Gasteiger partial charge >= 0.3 is 0 Å². The first-order valence-electron chi connectivity index (χ1n) is 8.47. The summed E-state index contributed by atoms with van der Waals surface area (Å²) in [6.45, 7) is 11.3. The highest BCUT2D eigenvalue weighted by atomic mass is 16.3. The number of aliphatic hydroxyl groups is 1. The Hall–Kier alpha value is -1.49. The molecule has 1 heterocycles. The molecule has 0 aromatic carbocycles. The number of ketones is 2. The molecule has 0 fully saturated rings. The Morgan fingerprint density at radius 1 is 1.43 bits per heavy atom. The summed E-state index contributed by atoms with van der Waals surface area (Å²) >= 11 is 0. The lowest BCUT2D eigenvalue weighted by Crippen LogP contribution is -2.35. The molecule has 0 aromatic heterocycles. The molecule has 0 saturated heterocycles. The van der Waals surface area contributed by atoms with E-state index in [1.54, 1.807) is 0 Å². The molecule has 1 unspecified atom stereocenters. The summed E-state index contributed by atoms with van der Waals surface area (Å²) in [5, 5.41) is 8.93. The van der Waals surface area contributed by atoms with Gasteiger partial charge in [0, 0.05) is 36.9 Å². The molecular weight excluding hydrogens is 292 g/mol. The number of nitrogens with zero attached hydrogens (tertiary/aromatic N) is 2. The van der Waals surface area contributed by atoms with Crippen molar-refractivity contribution in [1.29, 1.82) is 0 Å². The van der Waals surface area contributed by atoms with E-state index < -0.39 is 5.41 Å². The van der Waals surface area contributed by atoms with E-state index in [-0.39, 0.29) is 30.6 Å². The minimum atomic E-state index is -0.565. The van der Waals surface area contributed by atoms with Crippen molar-refractivity contribution in [3.63, 3.8) is 0 Å². The van der Waals surface area contributed by atoms with Gasteiger partial charge < -0.3 is 10.0 Å². The zero-order valence-corrected chi connectivity index (χ0v) is 14.7. The highest BCUT2D eigenvalue weighted by Gasteiger charge is 2.30. The fraction of sp³-hybridized carbons (Fsp3) is 0.722. The van der Waals surface area contributed by atoms with Gasteiger partial charge in [0.2, 0.25) is 5.78 Å². The van der Waals surface area contributed by atoms with E-state index in [4.69, 9.17) is 5.11 Å². The van der Waals surface area contributed by atoms with Crippen LogP contribution in [0.3, 0.4) is 0 Å². The number of aliphatic imine (C=N–C) groups is 1. The summed E-state index contributed by atoms with van der Waals surface area (Å²) in [6, 6.07) is -0.0236. The number of rotatable bonds is 10. The number of Topliss-reactive ketones (excluding diaryl/α,β-unsaturated/α-hetero) is 2. The largest absolute Gasteiger partial charge is 0.396 e. The summed E-state index contributed by atoms with van der Waals surface area (Å²) < 4.78 is 0. The molecule has 0 aromatic rings. The molecule has 1 rings (SSSR count). The number of hydrogen-bond acceptors (Lipinski definition) is 5. The monoisotopic (exact) mass is 322 g/mol. The van der Waals surface area contributed by atoms with Crippen LogP contribution in [0.5, 0.6) is 0 Å². The molecule has 0 amide bonds. The van der Waals surface area contributed by atoms with Crippen molar-refractivity contribution in [2.75, 3.05) is 19.7 Å². The first-order chi connectivity index (χ1) is 10.8. The Bertz CT molecular complexity index is 469. The Labute approximate surface area is 139 Å². The SMILES string of the molecule is C=C1C(CCCC(=O)C(=O)C(C)(C)CC)N=CCN1CCCO. The van der Waals surface area contributed by atoms with Gasteiger partial charge in [0.05, 0.1) is 12.6 Å². The van der Waals surface area contributed by atoms with Gasteiger partial charge in [-0.25, -0.2) is 0 Å². The number of hydrogen-bond donors (Lipinski definition) is 1. The summed E-state index contributed by atoms with van der Waals surface area (Å²) in [5.41, 5.74) is 0.374. The fourth-order valence-electron chi connectivity index (χ4n) is 2.53. The molecule has 0 aliphatic carbocycles. The van der Waals surface area contributed by atoms with Crippen LogP contribution in [-0.4, -0.2) is 53.5 Å². The third-order valence-corrected chi connectivity index (χ3v) is 4.60. The second-order valence-corrected chi connectivity index (χ2v) is 6.74. The second-order valence-electron chi connectivity index (χ2n) is 6.74. The lowest BCUT2D eigenvalue weighted by atomic mass is 9.82. The van der Waals surface area contributed by atoms with Crippen LogP contribution in [0.15, 0.2) is 17.3 Å². The third kappa shape index (κ3) is 5.57. The summed E-state index contributed by atoms with van der Waals surface area (Å²) in [5.74, 6) is -0.546. The van der Waals surface area contributed by atoms with Gasteiger partial charge in [-0.2, -0.15) is 0 Å². The molecule has 0 bridgehead atoms. The quantitative estimate of drug-likeness (QED) is 0.627. The van der Waals surface area contributed by atoms with E-state index >= 15 is 0 Å². The molecule has 0 radical (unpaired) electrons. The maximum atomic E-state index is 12.1. The average Bonchev–Trinajstić information content (AvgIpc) is 2.54. The van der Waals surface area contributed by atoms with Crippen LogP contribution >= 0.6 is 0 Å². The van der Waals surface area contributed by atoms with Gasteiger partial charge in [0.25, 0.3) is 0 Å². The molecule has 5 heteroatoms. The zero-order chi connectivity index (χ0) is 17.5. The van der Waals surface area contributed by atoms with Gasteiger partial charge in [-0.1, -0.05) is 27.4 Å². The Kier molecular flexibility index (Phi) is 7.62. The van der Waals surface area contributed by atoms with Gasteiger partial charge in [0.1, 0.15) is 0 Å². The molecule has 1 N–H and O–H groups in total. The molecule has 0 spiro atoms. The van der Waals surface area contributed by atoms with Gasteiger partial charge in [-0.3, -0.25) is 14.6 Å².